The molecule has 0 amide bonds. The van der Waals surface area contributed by atoms with E-state index >= 15 is 0 Å². The third-order valence-corrected chi connectivity index (χ3v) is 7.74. The number of halogens is 6. The monoisotopic (exact) mass is 651 g/mol. The van der Waals surface area contributed by atoms with E-state index in [0.29, 0.717) is 26.2 Å². The molecule has 5 aromatic rings. The highest BCUT2D eigenvalue weighted by Crippen LogP contribution is 2.43. The first kappa shape index (κ1) is 32.1. The number of carboxylic acid groups (broad SMARTS) is 1. The number of hydrogen-bond acceptors (Lipinski definition) is 4. The summed E-state index contributed by atoms with van der Waals surface area (Å²) >= 11 is 19.4. The van der Waals surface area contributed by atoms with Gasteiger partial charge in [-0.15, -0.1) is 0 Å². The maximum absolute atomic E-state index is 12.9. The zero-order chi connectivity index (χ0) is 31.7. The summed E-state index contributed by atoms with van der Waals surface area (Å²) in [6.45, 7) is 0. The van der Waals surface area contributed by atoms with Gasteiger partial charge in [-0.2, -0.15) is 13.2 Å². The number of imidazole rings is 1. The number of aliphatic carboxylic acids is 1. The summed E-state index contributed by atoms with van der Waals surface area (Å²) in [5, 5.41) is 9.48. The average Bonchev–Trinajstić information content (AvgIpc) is 3.38. The van der Waals surface area contributed by atoms with Gasteiger partial charge in [-0.3, -0.25) is 4.79 Å². The van der Waals surface area contributed by atoms with Crippen LogP contribution in [0.5, 0.6) is 0 Å². The van der Waals surface area contributed by atoms with Crippen molar-refractivity contribution in [1.29, 1.82) is 0 Å². The normalized spacial score (nSPS) is 12.9. The summed E-state index contributed by atoms with van der Waals surface area (Å²) in [6.07, 6.45) is -1.56. The van der Waals surface area contributed by atoms with Gasteiger partial charge in [0.25, 0.3) is 5.56 Å². The smallest absolute Gasteiger partial charge is 0.475 e. The fourth-order valence-electron chi connectivity index (χ4n) is 4.83. The van der Waals surface area contributed by atoms with Gasteiger partial charge < -0.3 is 19.0 Å². The number of carboxylic acids is 1. The molecule has 0 saturated carbocycles. The molecule has 0 fully saturated rings. The van der Waals surface area contributed by atoms with Crippen LogP contribution in [0, 0.1) is 0 Å². The average molecular weight is 653 g/mol. The van der Waals surface area contributed by atoms with E-state index in [2.05, 4.69) is 4.98 Å². The number of aromatic nitrogens is 3. The predicted molar refractivity (Wildman–Crippen MR) is 160 cm³/mol. The number of ether oxygens (including phenoxy) is 1. The molecule has 1 N–H and O–H groups in total. The van der Waals surface area contributed by atoms with Gasteiger partial charge >= 0.3 is 12.1 Å². The Morgan fingerprint density at radius 2 is 1.51 bits per heavy atom. The number of methoxy groups -OCH3 is 1. The van der Waals surface area contributed by atoms with Crippen molar-refractivity contribution in [3.05, 3.63) is 121 Å². The Kier molecular flexibility index (Phi) is 9.27. The lowest BCUT2D eigenvalue weighted by Crippen LogP contribution is -2.33. The molecule has 1 unspecified atom stereocenters. The van der Waals surface area contributed by atoms with Crippen LogP contribution in [0.25, 0.3) is 22.0 Å². The van der Waals surface area contributed by atoms with Crippen molar-refractivity contribution in [1.82, 2.24) is 14.1 Å². The van der Waals surface area contributed by atoms with E-state index in [1.807, 2.05) is 54.1 Å². The molecule has 0 spiro atoms. The second-order valence-corrected chi connectivity index (χ2v) is 10.6. The molecule has 0 aliphatic rings. The van der Waals surface area contributed by atoms with Crippen molar-refractivity contribution in [2.75, 3.05) is 7.11 Å². The minimum absolute atomic E-state index is 0.163. The third kappa shape index (κ3) is 6.14. The van der Waals surface area contributed by atoms with Crippen LogP contribution in [0.15, 0.2) is 84.0 Å². The van der Waals surface area contributed by atoms with Gasteiger partial charge in [0.2, 0.25) is 0 Å². The van der Waals surface area contributed by atoms with Gasteiger partial charge in [-0.25, -0.2) is 9.78 Å². The van der Waals surface area contributed by atoms with Crippen molar-refractivity contribution >= 4 is 51.7 Å². The molecule has 0 bridgehead atoms. The Hall–Kier alpha value is -3.83. The maximum Gasteiger partial charge on any atom is 0.490 e. The molecule has 43 heavy (non-hydrogen) atoms. The first-order chi connectivity index (χ1) is 20.2. The van der Waals surface area contributed by atoms with Crippen LogP contribution in [0.3, 0.4) is 0 Å². The van der Waals surface area contributed by atoms with Gasteiger partial charge in [0.1, 0.15) is 0 Å². The van der Waals surface area contributed by atoms with Crippen LogP contribution in [0.1, 0.15) is 16.8 Å². The number of rotatable bonds is 5. The standard InChI is InChI=1S/C28H22Cl3N3O2.C2HF3O2/c1-33-16-32-15-25(33)28(36-3,17-7-10-19(29)11-8-17)18-9-12-24-20(13-18)21(14-26(35)34(24)2)27-22(30)5-4-6-23(27)31;3-2(4,5)1(6)7/h4-16H,1-3H3;(H,6,7). The number of hydrogen-bond donors (Lipinski definition) is 1. The van der Waals surface area contributed by atoms with Gasteiger partial charge in [0, 0.05) is 53.3 Å². The van der Waals surface area contributed by atoms with Crippen molar-refractivity contribution < 1.29 is 27.8 Å². The summed E-state index contributed by atoms with van der Waals surface area (Å²) in [6, 6.07) is 20.3. The van der Waals surface area contributed by atoms with Crippen molar-refractivity contribution in [2.45, 2.75) is 11.8 Å². The summed E-state index contributed by atoms with van der Waals surface area (Å²) < 4.78 is 41.6. The zero-order valence-electron chi connectivity index (χ0n) is 22.8. The summed E-state index contributed by atoms with van der Waals surface area (Å²) in [7, 11) is 5.33. The van der Waals surface area contributed by atoms with Crippen LogP contribution in [-0.4, -0.2) is 38.5 Å². The van der Waals surface area contributed by atoms with Crippen LogP contribution < -0.4 is 5.56 Å². The molecule has 224 valence electrons. The maximum atomic E-state index is 12.9. The third-order valence-electron chi connectivity index (χ3n) is 6.86. The lowest BCUT2D eigenvalue weighted by atomic mass is 9.82. The molecule has 3 aromatic carbocycles. The van der Waals surface area contributed by atoms with E-state index in [4.69, 9.17) is 49.4 Å². The van der Waals surface area contributed by atoms with Gasteiger partial charge in [0.15, 0.2) is 5.60 Å². The molecular weight excluding hydrogens is 630 g/mol. The van der Waals surface area contributed by atoms with Crippen molar-refractivity contribution in [3.8, 4) is 11.1 Å². The van der Waals surface area contributed by atoms with Gasteiger partial charge in [-0.05, 0) is 53.1 Å². The Labute approximate surface area is 258 Å². The largest absolute Gasteiger partial charge is 0.490 e. The van der Waals surface area contributed by atoms with E-state index in [0.717, 1.165) is 27.7 Å². The molecule has 0 aliphatic carbocycles. The van der Waals surface area contributed by atoms with E-state index in [1.54, 1.807) is 55.5 Å². The molecule has 7 nitrogen and oxygen atoms in total. The van der Waals surface area contributed by atoms with Crippen LogP contribution in [0.2, 0.25) is 15.1 Å². The molecule has 0 saturated heterocycles. The highest BCUT2D eigenvalue weighted by molar-refractivity contribution is 6.39. The highest BCUT2D eigenvalue weighted by atomic mass is 35.5. The summed E-state index contributed by atoms with van der Waals surface area (Å²) in [5.74, 6) is -2.76. The zero-order valence-corrected chi connectivity index (χ0v) is 25.1. The van der Waals surface area contributed by atoms with E-state index in [9.17, 15) is 18.0 Å². The second kappa shape index (κ2) is 12.4. The fraction of sp³-hybridized carbons (Fsp3) is 0.167. The molecule has 2 heterocycles. The molecule has 1 atom stereocenters. The van der Waals surface area contributed by atoms with Crippen molar-refractivity contribution in [2.24, 2.45) is 14.1 Å². The fourth-order valence-corrected chi connectivity index (χ4v) is 5.55. The minimum Gasteiger partial charge on any atom is -0.475 e. The molecule has 5 rings (SSSR count). The number of benzene rings is 3. The predicted octanol–water partition coefficient (Wildman–Crippen LogP) is 7.47. The minimum atomic E-state index is -5.08. The first-order valence-electron chi connectivity index (χ1n) is 12.4. The molecule has 13 heteroatoms. The van der Waals surface area contributed by atoms with Crippen LogP contribution in [-0.2, 0) is 29.2 Å². The Morgan fingerprint density at radius 3 is 2.02 bits per heavy atom. The summed E-state index contributed by atoms with van der Waals surface area (Å²) in [5.41, 5.74) is 3.36. The first-order valence-corrected chi connectivity index (χ1v) is 13.5. The quantitative estimate of drug-likeness (QED) is 0.213. The van der Waals surface area contributed by atoms with Crippen LogP contribution >= 0.6 is 34.8 Å². The number of carbonyl (C=O) groups is 1. The summed E-state index contributed by atoms with van der Waals surface area (Å²) in [4.78, 5) is 26.2. The SMILES string of the molecule is COC(c1ccc(Cl)cc1)(c1ccc2c(c1)c(-c1c(Cl)cccc1Cl)cc(=O)n2C)c1cncn1C.O=C(O)C(F)(F)F. The molecule has 0 aliphatic heterocycles. The molecule has 0 radical (unpaired) electrons. The topological polar surface area (TPSA) is 86.4 Å². The number of pyridine rings is 1. The van der Waals surface area contributed by atoms with Gasteiger partial charge in [0.05, 0.1) is 23.7 Å². The Balaban J connectivity index is 0.000000541. The lowest BCUT2D eigenvalue weighted by Gasteiger charge is -2.34. The number of aryl methyl sites for hydroxylation is 2. The van der Waals surface area contributed by atoms with Crippen molar-refractivity contribution in [3.63, 3.8) is 0 Å². The Bertz CT molecular complexity index is 1850. The van der Waals surface area contributed by atoms with E-state index in [-0.39, 0.29) is 5.56 Å². The van der Waals surface area contributed by atoms with Crippen LogP contribution in [0.4, 0.5) is 13.2 Å². The molecular formula is C30H23Cl3F3N3O4. The highest BCUT2D eigenvalue weighted by Gasteiger charge is 2.40. The van der Waals surface area contributed by atoms with E-state index in [1.165, 1.54) is 0 Å². The Morgan fingerprint density at radius 1 is 0.930 bits per heavy atom. The van der Waals surface area contributed by atoms with Gasteiger partial charge in [-0.1, -0.05) is 59.1 Å². The second-order valence-electron chi connectivity index (χ2n) is 9.37. The molecule has 2 aromatic heterocycles. The number of alkyl halides is 3. The lowest BCUT2D eigenvalue weighted by molar-refractivity contribution is -0.192. The number of fused-ring (bicyclic) bond motifs is 1. The number of nitrogens with zero attached hydrogens (tertiary/aromatic N) is 3. The van der Waals surface area contributed by atoms with E-state index < -0.39 is 17.7 Å².